The van der Waals surface area contributed by atoms with Gasteiger partial charge in [-0.3, -0.25) is 9.59 Å². The first-order chi connectivity index (χ1) is 14.2. The number of carbonyl (C=O) groups excluding carboxylic acids is 2. The van der Waals surface area contributed by atoms with E-state index in [9.17, 15) is 23.1 Å². The first-order valence-electron chi connectivity index (χ1n) is 9.29. The molecule has 164 valence electrons. The van der Waals surface area contributed by atoms with Crippen LogP contribution in [0.1, 0.15) is 19.3 Å². The molecule has 1 fully saturated rings. The predicted octanol–water partition coefficient (Wildman–Crippen LogP) is 1.01. The molecule has 0 spiro atoms. The maximum absolute atomic E-state index is 12.4. The van der Waals surface area contributed by atoms with Crippen molar-refractivity contribution < 1.29 is 27.9 Å². The summed E-state index contributed by atoms with van der Waals surface area (Å²) in [5.74, 6) is -0.679. The number of nitrogens with zero attached hydrogens (tertiary/aromatic N) is 2. The Kier molecular flexibility index (Phi) is 7.22. The monoisotopic (exact) mass is 477 g/mol. The minimum Gasteiger partial charge on any atom is -0.489 e. The molecule has 0 bridgehead atoms. The molecule has 1 aromatic rings. The number of aliphatic hydroxyl groups is 1. The van der Waals surface area contributed by atoms with Crippen molar-refractivity contribution in [3.8, 4) is 5.75 Å². The lowest BCUT2D eigenvalue weighted by molar-refractivity contribution is -0.133. The fourth-order valence-corrected chi connectivity index (χ4v) is 5.18. The summed E-state index contributed by atoms with van der Waals surface area (Å²) in [7, 11) is -3.19. The average molecular weight is 478 g/mol. The fraction of sp³-hybridized carbons (Fsp3) is 0.500. The van der Waals surface area contributed by atoms with Crippen LogP contribution >= 0.6 is 23.2 Å². The van der Waals surface area contributed by atoms with E-state index in [0.717, 1.165) is 5.01 Å². The van der Waals surface area contributed by atoms with Gasteiger partial charge in [0, 0.05) is 19.4 Å². The number of rotatable bonds is 7. The van der Waals surface area contributed by atoms with Gasteiger partial charge >= 0.3 is 0 Å². The van der Waals surface area contributed by atoms with Crippen molar-refractivity contribution in [2.75, 3.05) is 24.7 Å². The summed E-state index contributed by atoms with van der Waals surface area (Å²) >= 11 is 11.9. The number of aliphatic hydroxyl groups excluding tert-OH is 1. The third-order valence-corrected chi connectivity index (χ3v) is 7.27. The van der Waals surface area contributed by atoms with Crippen molar-refractivity contribution >= 4 is 50.6 Å². The number of benzene rings is 1. The highest BCUT2D eigenvalue weighted by molar-refractivity contribution is 7.91. The van der Waals surface area contributed by atoms with Crippen LogP contribution in [0.5, 0.6) is 5.75 Å². The molecule has 0 saturated carbocycles. The van der Waals surface area contributed by atoms with Crippen LogP contribution in [0.3, 0.4) is 0 Å². The van der Waals surface area contributed by atoms with Gasteiger partial charge in [0.15, 0.2) is 9.84 Å². The van der Waals surface area contributed by atoms with Crippen LogP contribution in [-0.2, 0) is 19.4 Å². The van der Waals surface area contributed by atoms with Crippen molar-refractivity contribution in [3.63, 3.8) is 0 Å². The molecule has 9 nitrogen and oxygen atoms in total. The lowest BCUT2D eigenvalue weighted by atomic mass is 10.1. The molecule has 2 heterocycles. The van der Waals surface area contributed by atoms with Gasteiger partial charge in [0.1, 0.15) is 29.2 Å². The molecule has 2 atom stereocenters. The summed E-state index contributed by atoms with van der Waals surface area (Å²) in [6.07, 6.45) is -0.507. The van der Waals surface area contributed by atoms with Crippen LogP contribution < -0.4 is 10.1 Å². The van der Waals surface area contributed by atoms with Crippen LogP contribution in [0.25, 0.3) is 0 Å². The Bertz CT molecular complexity index is 969. The molecule has 0 radical (unpaired) electrons. The van der Waals surface area contributed by atoms with Crippen LogP contribution in [-0.4, -0.2) is 72.9 Å². The molecular weight excluding hydrogens is 457 g/mol. The molecule has 12 heteroatoms. The second-order valence-corrected chi connectivity index (χ2v) is 10.1. The summed E-state index contributed by atoms with van der Waals surface area (Å²) in [4.78, 5) is 24.5. The van der Waals surface area contributed by atoms with E-state index in [1.54, 1.807) is 18.2 Å². The Balaban J connectivity index is 1.53. The third kappa shape index (κ3) is 5.63. The highest BCUT2D eigenvalue weighted by atomic mass is 35.5. The van der Waals surface area contributed by atoms with E-state index in [-0.39, 0.29) is 54.1 Å². The standard InChI is InChI=1S/C18H21Cl2N3O6S/c19-13-2-1-3-15(17(13)20)29-9-12(24)8-21-18(26)14-4-5-16(25)23(22-14)11-6-7-30(27,28)10-11/h1-3,11-12,24H,4-10H2,(H,21,26). The second kappa shape index (κ2) is 9.51. The zero-order chi connectivity index (χ0) is 21.9. The van der Waals surface area contributed by atoms with Crippen LogP contribution in [0.4, 0.5) is 0 Å². The van der Waals surface area contributed by atoms with Gasteiger partial charge in [0.2, 0.25) is 5.91 Å². The summed E-state index contributed by atoms with van der Waals surface area (Å²) in [5.41, 5.74) is 0.116. The van der Waals surface area contributed by atoms with Gasteiger partial charge in [-0.2, -0.15) is 5.10 Å². The number of amides is 2. The lowest BCUT2D eigenvalue weighted by Crippen LogP contribution is -2.45. The summed E-state index contributed by atoms with van der Waals surface area (Å²) in [6, 6.07) is 4.31. The van der Waals surface area contributed by atoms with E-state index in [0.29, 0.717) is 17.2 Å². The zero-order valence-corrected chi connectivity index (χ0v) is 18.2. The minimum absolute atomic E-state index is 0.00132. The molecule has 30 heavy (non-hydrogen) atoms. The SMILES string of the molecule is O=C(NCC(O)COc1cccc(Cl)c1Cl)C1=NN(C2CCS(=O)(=O)C2)C(=O)CC1. The molecule has 0 aliphatic carbocycles. The number of halogens is 2. The Labute approximate surface area is 183 Å². The molecular formula is C18H21Cl2N3O6S. The Morgan fingerprint density at radius 2 is 2.13 bits per heavy atom. The lowest BCUT2D eigenvalue weighted by Gasteiger charge is -2.27. The summed E-state index contributed by atoms with van der Waals surface area (Å²) in [5, 5.41) is 18.3. The van der Waals surface area contributed by atoms with Crippen molar-refractivity contribution in [1.82, 2.24) is 10.3 Å². The number of hydrogen-bond acceptors (Lipinski definition) is 7. The molecule has 2 aliphatic heterocycles. The Hall–Kier alpha value is -1.88. The van der Waals surface area contributed by atoms with Gasteiger partial charge in [0.05, 0.1) is 22.6 Å². The van der Waals surface area contributed by atoms with Crippen molar-refractivity contribution in [2.45, 2.75) is 31.4 Å². The molecule has 2 aliphatic rings. The largest absolute Gasteiger partial charge is 0.489 e. The van der Waals surface area contributed by atoms with Crippen molar-refractivity contribution in [1.29, 1.82) is 0 Å². The highest BCUT2D eigenvalue weighted by Gasteiger charge is 2.37. The van der Waals surface area contributed by atoms with Crippen LogP contribution in [0.15, 0.2) is 23.3 Å². The Morgan fingerprint density at radius 3 is 2.83 bits per heavy atom. The molecule has 2 unspecified atom stereocenters. The number of carbonyl (C=O) groups is 2. The van der Waals surface area contributed by atoms with Gasteiger partial charge in [-0.05, 0) is 18.6 Å². The normalized spacial score (nSPS) is 21.8. The van der Waals surface area contributed by atoms with E-state index in [2.05, 4.69) is 10.4 Å². The third-order valence-electron chi connectivity index (χ3n) is 4.72. The van der Waals surface area contributed by atoms with E-state index in [4.69, 9.17) is 27.9 Å². The number of nitrogens with one attached hydrogen (secondary N) is 1. The minimum atomic E-state index is -3.19. The fourth-order valence-electron chi connectivity index (χ4n) is 3.14. The number of ether oxygens (including phenoxy) is 1. The molecule has 3 rings (SSSR count). The number of sulfone groups is 1. The Morgan fingerprint density at radius 1 is 1.37 bits per heavy atom. The molecule has 1 aromatic carbocycles. The summed E-state index contributed by atoms with van der Waals surface area (Å²) in [6.45, 7) is -0.237. The number of hydrogen-bond donors (Lipinski definition) is 2. The average Bonchev–Trinajstić information content (AvgIpc) is 3.07. The molecule has 2 N–H and O–H groups in total. The van der Waals surface area contributed by atoms with E-state index >= 15 is 0 Å². The van der Waals surface area contributed by atoms with Gasteiger partial charge < -0.3 is 15.2 Å². The zero-order valence-electron chi connectivity index (χ0n) is 15.9. The van der Waals surface area contributed by atoms with E-state index in [1.807, 2.05) is 0 Å². The topological polar surface area (TPSA) is 125 Å². The first kappa shape index (κ1) is 22.8. The quantitative estimate of drug-likeness (QED) is 0.603. The number of hydrazone groups is 1. The predicted molar refractivity (Wildman–Crippen MR) is 112 cm³/mol. The highest BCUT2D eigenvalue weighted by Crippen LogP contribution is 2.31. The maximum Gasteiger partial charge on any atom is 0.267 e. The molecule has 2 amide bonds. The van der Waals surface area contributed by atoms with Gasteiger partial charge in [-0.25, -0.2) is 13.4 Å². The second-order valence-electron chi connectivity index (χ2n) is 7.07. The van der Waals surface area contributed by atoms with E-state index in [1.165, 1.54) is 0 Å². The first-order valence-corrected chi connectivity index (χ1v) is 11.9. The van der Waals surface area contributed by atoms with Gasteiger partial charge in [-0.1, -0.05) is 29.3 Å². The summed E-state index contributed by atoms with van der Waals surface area (Å²) < 4.78 is 28.7. The smallest absolute Gasteiger partial charge is 0.267 e. The van der Waals surface area contributed by atoms with Crippen molar-refractivity contribution in [2.24, 2.45) is 5.10 Å². The van der Waals surface area contributed by atoms with Crippen molar-refractivity contribution in [3.05, 3.63) is 28.2 Å². The van der Waals surface area contributed by atoms with Gasteiger partial charge in [0.25, 0.3) is 5.91 Å². The van der Waals surface area contributed by atoms with Crippen LogP contribution in [0, 0.1) is 0 Å². The molecule has 0 aromatic heterocycles. The maximum atomic E-state index is 12.4. The van der Waals surface area contributed by atoms with Gasteiger partial charge in [-0.15, -0.1) is 0 Å². The van der Waals surface area contributed by atoms with Crippen LogP contribution in [0.2, 0.25) is 10.0 Å². The molecule has 1 saturated heterocycles. The van der Waals surface area contributed by atoms with E-state index < -0.39 is 27.9 Å².